The molecule has 2 fully saturated rings. The predicted molar refractivity (Wildman–Crippen MR) is 209 cm³/mol. The van der Waals surface area contributed by atoms with Gasteiger partial charge >= 0.3 is 12.1 Å². The number of benzene rings is 2. The molecule has 5 amide bonds. The minimum Gasteiger partial charge on any atom is -0.453 e. The first-order valence-electron chi connectivity index (χ1n) is 19.1. The molecule has 0 saturated carbocycles. The number of ether oxygens (including phenoxy) is 1. The lowest BCUT2D eigenvalue weighted by atomic mass is 10.0. The van der Waals surface area contributed by atoms with Gasteiger partial charge in [0.05, 0.1) is 43.0 Å². The Bertz CT molecular complexity index is 1970. The van der Waals surface area contributed by atoms with Crippen molar-refractivity contribution >= 4 is 23.9 Å². The third kappa shape index (κ3) is 8.53. The second-order valence-electron chi connectivity index (χ2n) is 15.3. The van der Waals surface area contributed by atoms with E-state index in [2.05, 4.69) is 74.1 Å². The van der Waals surface area contributed by atoms with Gasteiger partial charge in [0.1, 0.15) is 23.7 Å². The topological polar surface area (TPSA) is 169 Å². The van der Waals surface area contributed by atoms with Crippen molar-refractivity contribution in [1.82, 2.24) is 45.3 Å². The molecule has 0 unspecified atom stereocenters. The molecular weight excluding hydrogens is 699 g/mol. The minimum absolute atomic E-state index is 0.0626. The SMILES string of the molecule is COC(=O)N[C@H](C(=O)N1CCC[C@H]1c1ncc(-c2ccc(-c3ccc(-c4cnc([C@@H]5CCCN5C(=O)[C@@H](NC(=O)N(C)C)C(C)C)[nH]4)cc3)cc2)[nH]1)C(C)C. The molecular formula is C41H53N9O5. The number of imidazole rings is 2. The van der Waals surface area contributed by atoms with Crippen LogP contribution in [0, 0.1) is 11.8 Å². The quantitative estimate of drug-likeness (QED) is 0.143. The normalized spacial score (nSPS) is 18.1. The van der Waals surface area contributed by atoms with Crippen molar-refractivity contribution in [2.45, 2.75) is 77.5 Å². The summed E-state index contributed by atoms with van der Waals surface area (Å²) in [5, 5.41) is 5.58. The number of amides is 5. The molecule has 2 aliphatic heterocycles. The van der Waals surface area contributed by atoms with Crippen molar-refractivity contribution in [1.29, 1.82) is 0 Å². The van der Waals surface area contributed by atoms with Gasteiger partial charge in [-0.1, -0.05) is 76.2 Å². The van der Waals surface area contributed by atoms with Crippen LogP contribution < -0.4 is 10.6 Å². The molecule has 4 N–H and O–H groups in total. The Morgan fingerprint density at radius 1 is 0.691 bits per heavy atom. The highest BCUT2D eigenvalue weighted by Gasteiger charge is 2.39. The Balaban J connectivity index is 1.10. The highest BCUT2D eigenvalue weighted by Crippen LogP contribution is 2.35. The molecule has 0 spiro atoms. The van der Waals surface area contributed by atoms with Gasteiger partial charge in [0.15, 0.2) is 0 Å². The minimum atomic E-state index is -0.686. The van der Waals surface area contributed by atoms with Gasteiger partial charge in [-0.25, -0.2) is 19.6 Å². The van der Waals surface area contributed by atoms with Crippen molar-refractivity contribution < 1.29 is 23.9 Å². The summed E-state index contributed by atoms with van der Waals surface area (Å²) in [6.07, 6.45) is 6.29. The zero-order valence-electron chi connectivity index (χ0n) is 32.8. The molecule has 4 atom stereocenters. The Morgan fingerprint density at radius 2 is 1.09 bits per heavy atom. The van der Waals surface area contributed by atoms with Crippen LogP contribution in [0.3, 0.4) is 0 Å². The highest BCUT2D eigenvalue weighted by molar-refractivity contribution is 5.88. The lowest BCUT2D eigenvalue weighted by molar-refractivity contribution is -0.136. The summed E-state index contributed by atoms with van der Waals surface area (Å²) >= 11 is 0. The fraction of sp³-hybridized carbons (Fsp3) is 0.463. The third-order valence-electron chi connectivity index (χ3n) is 10.6. The van der Waals surface area contributed by atoms with Gasteiger partial charge in [-0.15, -0.1) is 0 Å². The van der Waals surface area contributed by atoms with E-state index in [0.717, 1.165) is 71.0 Å². The summed E-state index contributed by atoms with van der Waals surface area (Å²) < 4.78 is 4.75. The monoisotopic (exact) mass is 751 g/mol. The average molecular weight is 752 g/mol. The fourth-order valence-corrected chi connectivity index (χ4v) is 7.45. The number of aromatic amines is 2. The molecule has 2 aliphatic rings. The number of carbonyl (C=O) groups is 4. The Hall–Kier alpha value is -5.66. The van der Waals surface area contributed by atoms with Crippen molar-refractivity contribution in [2.75, 3.05) is 34.3 Å². The number of likely N-dealkylation sites (tertiary alicyclic amines) is 2. The van der Waals surface area contributed by atoms with Crippen LogP contribution in [-0.2, 0) is 14.3 Å². The molecule has 6 rings (SSSR count). The van der Waals surface area contributed by atoms with Gasteiger partial charge in [0.25, 0.3) is 0 Å². The summed E-state index contributed by atoms with van der Waals surface area (Å²) in [5.74, 6) is 1.07. The molecule has 4 heterocycles. The highest BCUT2D eigenvalue weighted by atomic mass is 16.5. The van der Waals surface area contributed by atoms with Crippen molar-refractivity contribution in [3.63, 3.8) is 0 Å². The number of carbonyl (C=O) groups excluding carboxylic acids is 4. The smallest absolute Gasteiger partial charge is 0.407 e. The maximum absolute atomic E-state index is 13.7. The number of hydrogen-bond donors (Lipinski definition) is 4. The van der Waals surface area contributed by atoms with E-state index >= 15 is 0 Å². The number of aromatic nitrogens is 4. The van der Waals surface area contributed by atoms with Gasteiger partial charge in [0.2, 0.25) is 11.8 Å². The summed E-state index contributed by atoms with van der Waals surface area (Å²) in [6.45, 7) is 8.90. The number of urea groups is 1. The Kier molecular flexibility index (Phi) is 11.9. The van der Waals surface area contributed by atoms with E-state index in [4.69, 9.17) is 9.72 Å². The number of nitrogens with zero attached hydrogens (tertiary/aromatic N) is 5. The van der Waals surface area contributed by atoms with Crippen LogP contribution in [0.2, 0.25) is 0 Å². The molecule has 0 aliphatic carbocycles. The van der Waals surface area contributed by atoms with Crippen LogP contribution in [-0.4, -0.2) is 105 Å². The van der Waals surface area contributed by atoms with Crippen LogP contribution in [0.5, 0.6) is 0 Å². The van der Waals surface area contributed by atoms with E-state index in [1.807, 2.05) is 43.7 Å². The van der Waals surface area contributed by atoms with E-state index in [0.29, 0.717) is 13.1 Å². The van der Waals surface area contributed by atoms with Crippen molar-refractivity contribution in [3.8, 4) is 33.6 Å². The lowest BCUT2D eigenvalue weighted by Gasteiger charge is -2.31. The number of methoxy groups -OCH3 is 1. The summed E-state index contributed by atoms with van der Waals surface area (Å²) in [7, 11) is 4.62. The van der Waals surface area contributed by atoms with Gasteiger partial charge in [0, 0.05) is 27.2 Å². The summed E-state index contributed by atoms with van der Waals surface area (Å²) in [4.78, 5) is 72.9. The number of nitrogens with one attached hydrogen (secondary N) is 4. The standard InChI is InChI=1S/C41H53N9O5/c1-24(2)34(46-40(53)48(5)6)38(51)49-20-8-10-32(49)36-42-22-30(44-36)28-16-12-26(13-17-28)27-14-18-29(19-15-27)31-23-43-37(45-31)33-11-9-21-50(33)39(52)35(25(3)4)47-41(54)55-7/h12-19,22-25,32-35H,8-11,20-21H2,1-7H3,(H,42,44)(H,43,45)(H,46,53)(H,47,54)/t32-,33-,34-,35-/m0/s1. The third-order valence-corrected chi connectivity index (χ3v) is 10.6. The zero-order chi connectivity index (χ0) is 39.4. The molecule has 2 aromatic carbocycles. The molecule has 0 bridgehead atoms. The fourth-order valence-electron chi connectivity index (χ4n) is 7.45. The molecule has 2 aromatic heterocycles. The van der Waals surface area contributed by atoms with E-state index < -0.39 is 18.2 Å². The van der Waals surface area contributed by atoms with E-state index in [-0.39, 0.29) is 41.8 Å². The van der Waals surface area contributed by atoms with E-state index in [1.54, 1.807) is 20.3 Å². The zero-order valence-corrected chi connectivity index (χ0v) is 32.8. The number of H-pyrrole nitrogens is 2. The molecule has 14 heteroatoms. The van der Waals surface area contributed by atoms with Gasteiger partial charge in [-0.3, -0.25) is 9.59 Å². The van der Waals surface area contributed by atoms with Crippen LogP contribution in [0.4, 0.5) is 9.59 Å². The second kappa shape index (κ2) is 16.8. The summed E-state index contributed by atoms with van der Waals surface area (Å²) in [5.41, 5.74) is 5.82. The molecule has 4 aromatic rings. The van der Waals surface area contributed by atoms with Crippen LogP contribution in [0.25, 0.3) is 33.6 Å². The molecule has 2 saturated heterocycles. The Labute approximate surface area is 322 Å². The second-order valence-corrected chi connectivity index (χ2v) is 15.3. The molecule has 55 heavy (non-hydrogen) atoms. The largest absolute Gasteiger partial charge is 0.453 e. The Morgan fingerprint density at radius 3 is 1.47 bits per heavy atom. The van der Waals surface area contributed by atoms with E-state index in [1.165, 1.54) is 12.0 Å². The first-order chi connectivity index (χ1) is 26.4. The molecule has 14 nitrogen and oxygen atoms in total. The number of hydrogen-bond acceptors (Lipinski definition) is 7. The van der Waals surface area contributed by atoms with Crippen LogP contribution >= 0.6 is 0 Å². The van der Waals surface area contributed by atoms with Gasteiger partial charge in [-0.05, 0) is 59.8 Å². The maximum atomic E-state index is 13.7. The summed E-state index contributed by atoms with van der Waals surface area (Å²) in [6, 6.07) is 14.6. The molecule has 292 valence electrons. The first kappa shape index (κ1) is 39.0. The van der Waals surface area contributed by atoms with E-state index in [9.17, 15) is 19.2 Å². The first-order valence-corrected chi connectivity index (χ1v) is 19.1. The van der Waals surface area contributed by atoms with Gasteiger partial charge < -0.3 is 40.0 Å². The van der Waals surface area contributed by atoms with Crippen molar-refractivity contribution in [3.05, 3.63) is 72.6 Å². The predicted octanol–water partition coefficient (Wildman–Crippen LogP) is 6.14. The van der Waals surface area contributed by atoms with Crippen molar-refractivity contribution in [2.24, 2.45) is 11.8 Å². The molecule has 0 radical (unpaired) electrons. The number of alkyl carbamates (subject to hydrolysis) is 1. The van der Waals surface area contributed by atoms with Crippen LogP contribution in [0.15, 0.2) is 60.9 Å². The maximum Gasteiger partial charge on any atom is 0.407 e. The van der Waals surface area contributed by atoms with Crippen LogP contribution in [0.1, 0.15) is 77.1 Å². The lowest BCUT2D eigenvalue weighted by Crippen LogP contribution is -2.53. The number of rotatable bonds is 11. The van der Waals surface area contributed by atoms with Gasteiger partial charge in [-0.2, -0.15) is 0 Å². The average Bonchev–Trinajstić information content (AvgIpc) is 4.02.